The van der Waals surface area contributed by atoms with Gasteiger partial charge in [-0.2, -0.15) is 5.10 Å². The number of aromatic nitrogens is 2. The molecule has 1 aliphatic heterocycles. The Morgan fingerprint density at radius 2 is 1.85 bits per heavy atom. The van der Waals surface area contributed by atoms with Crippen molar-refractivity contribution < 1.29 is 14.3 Å². The SMILES string of the molecule is COc1ccccc1OC1CCN(C(=O)[C@@H](C)n2nc(C)cc2C)CC1. The van der Waals surface area contributed by atoms with E-state index in [0.29, 0.717) is 13.1 Å². The highest BCUT2D eigenvalue weighted by Gasteiger charge is 2.29. The lowest BCUT2D eigenvalue weighted by Gasteiger charge is -2.34. The molecule has 0 radical (unpaired) electrons. The van der Waals surface area contributed by atoms with Gasteiger partial charge in [-0.25, -0.2) is 0 Å². The molecule has 0 N–H and O–H groups in total. The molecule has 1 saturated heterocycles. The second-order valence-electron chi connectivity index (χ2n) is 6.84. The van der Waals surface area contributed by atoms with E-state index >= 15 is 0 Å². The van der Waals surface area contributed by atoms with Crippen LogP contribution in [0.2, 0.25) is 0 Å². The summed E-state index contributed by atoms with van der Waals surface area (Å²) in [7, 11) is 1.64. The first-order valence-electron chi connectivity index (χ1n) is 9.11. The quantitative estimate of drug-likeness (QED) is 0.825. The average molecular weight is 357 g/mol. The van der Waals surface area contributed by atoms with Crippen LogP contribution in [-0.2, 0) is 4.79 Å². The van der Waals surface area contributed by atoms with Gasteiger partial charge in [0.15, 0.2) is 11.5 Å². The van der Waals surface area contributed by atoms with E-state index in [1.165, 1.54) is 0 Å². The van der Waals surface area contributed by atoms with Crippen molar-refractivity contribution in [3.05, 3.63) is 41.7 Å². The largest absolute Gasteiger partial charge is 0.493 e. The number of methoxy groups -OCH3 is 1. The van der Waals surface area contributed by atoms with Gasteiger partial charge < -0.3 is 14.4 Å². The zero-order valence-corrected chi connectivity index (χ0v) is 15.9. The number of para-hydroxylation sites is 2. The van der Waals surface area contributed by atoms with Gasteiger partial charge in [-0.05, 0) is 39.0 Å². The highest BCUT2D eigenvalue weighted by Crippen LogP contribution is 2.29. The maximum atomic E-state index is 12.8. The van der Waals surface area contributed by atoms with Gasteiger partial charge in [0.05, 0.1) is 12.8 Å². The Balaban J connectivity index is 1.58. The van der Waals surface area contributed by atoms with Crippen LogP contribution in [0.5, 0.6) is 11.5 Å². The summed E-state index contributed by atoms with van der Waals surface area (Å²) >= 11 is 0. The summed E-state index contributed by atoms with van der Waals surface area (Å²) in [5.41, 5.74) is 1.95. The molecule has 6 heteroatoms. The molecule has 2 aromatic rings. The fraction of sp³-hybridized carbons (Fsp3) is 0.500. The first kappa shape index (κ1) is 18.3. The molecule has 6 nitrogen and oxygen atoms in total. The van der Waals surface area contributed by atoms with Gasteiger partial charge in [0.1, 0.15) is 12.1 Å². The topological polar surface area (TPSA) is 56.6 Å². The van der Waals surface area contributed by atoms with Crippen molar-refractivity contribution in [3.8, 4) is 11.5 Å². The summed E-state index contributed by atoms with van der Waals surface area (Å²) < 4.78 is 13.2. The lowest BCUT2D eigenvalue weighted by Crippen LogP contribution is -2.44. The molecule has 1 amide bonds. The number of carbonyl (C=O) groups is 1. The van der Waals surface area contributed by atoms with Gasteiger partial charge in [0.25, 0.3) is 0 Å². The predicted octanol–water partition coefficient (Wildman–Crippen LogP) is 3.14. The molecule has 1 aromatic carbocycles. The average Bonchev–Trinajstić information content (AvgIpc) is 2.99. The zero-order chi connectivity index (χ0) is 18.7. The molecule has 1 aliphatic rings. The maximum absolute atomic E-state index is 12.8. The Morgan fingerprint density at radius 1 is 1.19 bits per heavy atom. The molecule has 140 valence electrons. The zero-order valence-electron chi connectivity index (χ0n) is 15.9. The van der Waals surface area contributed by atoms with Crippen molar-refractivity contribution in [2.45, 2.75) is 45.8 Å². The number of amides is 1. The molecule has 1 atom stereocenters. The number of hydrogen-bond acceptors (Lipinski definition) is 4. The molecular formula is C20H27N3O3. The minimum absolute atomic E-state index is 0.0966. The van der Waals surface area contributed by atoms with Crippen molar-refractivity contribution in [2.75, 3.05) is 20.2 Å². The number of hydrogen-bond donors (Lipinski definition) is 0. The van der Waals surface area contributed by atoms with E-state index in [4.69, 9.17) is 9.47 Å². The number of ether oxygens (including phenoxy) is 2. The lowest BCUT2D eigenvalue weighted by molar-refractivity contribution is -0.136. The van der Waals surface area contributed by atoms with Crippen LogP contribution in [-0.4, -0.2) is 46.9 Å². The van der Waals surface area contributed by atoms with Gasteiger partial charge in [0.2, 0.25) is 5.91 Å². The van der Waals surface area contributed by atoms with E-state index in [2.05, 4.69) is 5.10 Å². The van der Waals surface area contributed by atoms with Gasteiger partial charge in [-0.3, -0.25) is 9.48 Å². The number of nitrogens with zero attached hydrogens (tertiary/aromatic N) is 3. The molecule has 0 aliphatic carbocycles. The molecular weight excluding hydrogens is 330 g/mol. The summed E-state index contributed by atoms with van der Waals surface area (Å²) in [5, 5.41) is 4.45. The van der Waals surface area contributed by atoms with Crippen LogP contribution in [0.4, 0.5) is 0 Å². The fourth-order valence-corrected chi connectivity index (χ4v) is 3.50. The molecule has 3 rings (SSSR count). The van der Waals surface area contributed by atoms with Crippen molar-refractivity contribution in [1.82, 2.24) is 14.7 Å². The van der Waals surface area contributed by atoms with E-state index in [9.17, 15) is 4.79 Å². The molecule has 0 saturated carbocycles. The van der Waals surface area contributed by atoms with Crippen molar-refractivity contribution in [1.29, 1.82) is 0 Å². The summed E-state index contributed by atoms with van der Waals surface area (Å²) in [5.74, 6) is 1.62. The van der Waals surface area contributed by atoms with Crippen LogP contribution in [0.1, 0.15) is 37.2 Å². The third-order valence-electron chi connectivity index (χ3n) is 4.89. The normalized spacial score (nSPS) is 16.4. The summed E-state index contributed by atoms with van der Waals surface area (Å²) in [6, 6.07) is 9.39. The van der Waals surface area contributed by atoms with Crippen molar-refractivity contribution >= 4 is 5.91 Å². The molecule has 0 bridgehead atoms. The van der Waals surface area contributed by atoms with Gasteiger partial charge >= 0.3 is 0 Å². The standard InChI is InChI=1S/C20H27N3O3/c1-14-13-15(2)23(21-14)16(3)20(24)22-11-9-17(10-12-22)26-19-8-6-5-7-18(19)25-4/h5-8,13,16-17H,9-12H2,1-4H3/t16-/m1/s1. The van der Waals surface area contributed by atoms with Crippen molar-refractivity contribution in [3.63, 3.8) is 0 Å². The third kappa shape index (κ3) is 3.84. The van der Waals surface area contributed by atoms with Gasteiger partial charge in [-0.15, -0.1) is 0 Å². The lowest BCUT2D eigenvalue weighted by atomic mass is 10.1. The monoisotopic (exact) mass is 357 g/mol. The number of rotatable bonds is 5. The second kappa shape index (κ2) is 7.81. The number of aryl methyl sites for hydroxylation is 2. The smallest absolute Gasteiger partial charge is 0.247 e. The molecule has 26 heavy (non-hydrogen) atoms. The van der Waals surface area contributed by atoms with Crippen LogP contribution in [0, 0.1) is 13.8 Å². The maximum Gasteiger partial charge on any atom is 0.247 e. The molecule has 0 unspecified atom stereocenters. The van der Waals surface area contributed by atoms with E-state index < -0.39 is 0 Å². The molecule has 1 fully saturated rings. The van der Waals surface area contributed by atoms with Crippen LogP contribution in [0.3, 0.4) is 0 Å². The third-order valence-corrected chi connectivity index (χ3v) is 4.89. The van der Waals surface area contributed by atoms with Gasteiger partial charge in [0, 0.05) is 31.6 Å². The number of carbonyl (C=O) groups excluding carboxylic acids is 1. The number of benzene rings is 1. The minimum atomic E-state index is -0.282. The van der Waals surface area contributed by atoms with Gasteiger partial charge in [-0.1, -0.05) is 12.1 Å². The first-order chi connectivity index (χ1) is 12.5. The Labute approximate surface area is 154 Å². The van der Waals surface area contributed by atoms with E-state index in [0.717, 1.165) is 35.7 Å². The Hall–Kier alpha value is -2.50. The summed E-state index contributed by atoms with van der Waals surface area (Å²) in [6.07, 6.45) is 1.72. The Bertz CT molecular complexity index is 763. The summed E-state index contributed by atoms with van der Waals surface area (Å²) in [6.45, 7) is 7.24. The second-order valence-corrected chi connectivity index (χ2v) is 6.84. The van der Waals surface area contributed by atoms with Crippen LogP contribution in [0.15, 0.2) is 30.3 Å². The number of piperidine rings is 1. The predicted molar refractivity (Wildman–Crippen MR) is 99.6 cm³/mol. The Kier molecular flexibility index (Phi) is 5.49. The highest BCUT2D eigenvalue weighted by atomic mass is 16.5. The molecule has 2 heterocycles. The fourth-order valence-electron chi connectivity index (χ4n) is 3.50. The Morgan fingerprint density at radius 3 is 2.42 bits per heavy atom. The van der Waals surface area contributed by atoms with Crippen molar-refractivity contribution in [2.24, 2.45) is 0 Å². The molecule has 0 spiro atoms. The van der Waals surface area contributed by atoms with Crippen LogP contribution in [0.25, 0.3) is 0 Å². The molecule has 1 aromatic heterocycles. The summed E-state index contributed by atoms with van der Waals surface area (Å²) in [4.78, 5) is 14.7. The highest BCUT2D eigenvalue weighted by molar-refractivity contribution is 5.80. The first-order valence-corrected chi connectivity index (χ1v) is 9.11. The van der Waals surface area contributed by atoms with Crippen LogP contribution >= 0.6 is 0 Å². The van der Waals surface area contributed by atoms with E-state index in [1.54, 1.807) is 7.11 Å². The number of likely N-dealkylation sites (tertiary alicyclic amines) is 1. The minimum Gasteiger partial charge on any atom is -0.493 e. The van der Waals surface area contributed by atoms with E-state index in [1.807, 2.05) is 60.7 Å². The van der Waals surface area contributed by atoms with Crippen LogP contribution < -0.4 is 9.47 Å². The van der Waals surface area contributed by atoms with E-state index in [-0.39, 0.29) is 18.1 Å².